The summed E-state index contributed by atoms with van der Waals surface area (Å²) in [5.74, 6) is 0.173. The van der Waals surface area contributed by atoms with Gasteiger partial charge < -0.3 is 9.64 Å². The highest BCUT2D eigenvalue weighted by Crippen LogP contribution is 2.30. The summed E-state index contributed by atoms with van der Waals surface area (Å²) in [5, 5.41) is 0. The van der Waals surface area contributed by atoms with Crippen LogP contribution < -0.4 is 0 Å². The Labute approximate surface area is 149 Å². The molecule has 130 valence electrons. The maximum atomic E-state index is 13.3. The molecule has 2 aromatic rings. The Morgan fingerprint density at radius 2 is 1.76 bits per heavy atom. The van der Waals surface area contributed by atoms with E-state index in [1.54, 1.807) is 0 Å². The molecule has 0 spiro atoms. The van der Waals surface area contributed by atoms with E-state index in [4.69, 9.17) is 4.74 Å². The van der Waals surface area contributed by atoms with Gasteiger partial charge in [-0.3, -0.25) is 4.79 Å². The molecule has 3 heteroatoms. The van der Waals surface area contributed by atoms with Crippen LogP contribution in [0.4, 0.5) is 0 Å². The topological polar surface area (TPSA) is 29.5 Å². The predicted molar refractivity (Wildman–Crippen MR) is 98.7 cm³/mol. The van der Waals surface area contributed by atoms with Crippen LogP contribution in [0.3, 0.4) is 0 Å². The van der Waals surface area contributed by atoms with Crippen LogP contribution in [0, 0.1) is 0 Å². The molecule has 4 rings (SSSR count). The SMILES string of the molecule is O=C(c1ccccc1Cc1ccccc1)N1CCO[C@@H]2CCCC[C@@H]21. The van der Waals surface area contributed by atoms with E-state index in [1.807, 2.05) is 36.4 Å². The maximum Gasteiger partial charge on any atom is 0.254 e. The summed E-state index contributed by atoms with van der Waals surface area (Å²) in [4.78, 5) is 15.4. The van der Waals surface area contributed by atoms with Gasteiger partial charge in [-0.15, -0.1) is 0 Å². The lowest BCUT2D eigenvalue weighted by Gasteiger charge is -2.44. The molecule has 0 N–H and O–H groups in total. The number of carbonyl (C=O) groups is 1. The van der Waals surface area contributed by atoms with E-state index in [-0.39, 0.29) is 18.1 Å². The number of ether oxygens (including phenoxy) is 1. The first-order valence-corrected chi connectivity index (χ1v) is 9.37. The van der Waals surface area contributed by atoms with Crippen LogP contribution in [0.2, 0.25) is 0 Å². The normalized spacial score (nSPS) is 23.1. The Kier molecular flexibility index (Phi) is 4.84. The molecular weight excluding hydrogens is 310 g/mol. The van der Waals surface area contributed by atoms with E-state index in [0.717, 1.165) is 30.4 Å². The lowest BCUT2D eigenvalue weighted by Crippen LogP contribution is -2.54. The van der Waals surface area contributed by atoms with Crippen molar-refractivity contribution in [3.05, 3.63) is 71.3 Å². The fourth-order valence-electron chi connectivity index (χ4n) is 4.20. The molecule has 0 radical (unpaired) electrons. The molecule has 1 aliphatic carbocycles. The molecule has 2 fully saturated rings. The van der Waals surface area contributed by atoms with Crippen LogP contribution in [-0.4, -0.2) is 36.1 Å². The van der Waals surface area contributed by atoms with Gasteiger partial charge in [0.1, 0.15) is 0 Å². The predicted octanol–water partition coefficient (Wildman–Crippen LogP) is 4.06. The highest BCUT2D eigenvalue weighted by atomic mass is 16.5. The van der Waals surface area contributed by atoms with Crippen molar-refractivity contribution < 1.29 is 9.53 Å². The summed E-state index contributed by atoms with van der Waals surface area (Å²) in [6.45, 7) is 1.37. The maximum absolute atomic E-state index is 13.3. The van der Waals surface area contributed by atoms with Crippen molar-refractivity contribution in [3.63, 3.8) is 0 Å². The average Bonchev–Trinajstić information content (AvgIpc) is 2.68. The zero-order valence-corrected chi connectivity index (χ0v) is 14.6. The lowest BCUT2D eigenvalue weighted by atomic mass is 9.89. The van der Waals surface area contributed by atoms with Crippen LogP contribution in [0.5, 0.6) is 0 Å². The molecule has 2 atom stereocenters. The molecule has 1 aliphatic heterocycles. The molecule has 0 unspecified atom stereocenters. The van der Waals surface area contributed by atoms with E-state index < -0.39 is 0 Å². The fourth-order valence-corrected chi connectivity index (χ4v) is 4.20. The second kappa shape index (κ2) is 7.40. The zero-order chi connectivity index (χ0) is 17.1. The molecule has 1 heterocycles. The van der Waals surface area contributed by atoms with E-state index in [0.29, 0.717) is 13.2 Å². The van der Waals surface area contributed by atoms with Crippen LogP contribution in [0.1, 0.15) is 47.2 Å². The van der Waals surface area contributed by atoms with Crippen molar-refractivity contribution in [2.24, 2.45) is 0 Å². The van der Waals surface area contributed by atoms with Crippen molar-refractivity contribution in [1.82, 2.24) is 4.90 Å². The number of carbonyl (C=O) groups excluding carboxylic acids is 1. The van der Waals surface area contributed by atoms with Crippen molar-refractivity contribution in [1.29, 1.82) is 0 Å². The van der Waals surface area contributed by atoms with Crippen LogP contribution in [-0.2, 0) is 11.2 Å². The molecular formula is C22H25NO2. The third-order valence-electron chi connectivity index (χ3n) is 5.48. The number of hydrogen-bond donors (Lipinski definition) is 0. The van der Waals surface area contributed by atoms with Crippen LogP contribution in [0.15, 0.2) is 54.6 Å². The number of hydrogen-bond acceptors (Lipinski definition) is 2. The minimum atomic E-state index is 0.173. The zero-order valence-electron chi connectivity index (χ0n) is 14.6. The Bertz CT molecular complexity index is 726. The quantitative estimate of drug-likeness (QED) is 0.846. The third-order valence-corrected chi connectivity index (χ3v) is 5.48. The van der Waals surface area contributed by atoms with Gasteiger partial charge >= 0.3 is 0 Å². The van der Waals surface area contributed by atoms with Crippen molar-refractivity contribution in [3.8, 4) is 0 Å². The van der Waals surface area contributed by atoms with Crippen molar-refractivity contribution in [2.75, 3.05) is 13.2 Å². The molecule has 0 aromatic heterocycles. The summed E-state index contributed by atoms with van der Waals surface area (Å²) in [6, 6.07) is 18.7. The number of rotatable bonds is 3. The standard InChI is InChI=1S/C22H25NO2/c24-22(23-14-15-25-21-13-7-6-12-20(21)23)19-11-5-4-10-18(19)16-17-8-2-1-3-9-17/h1-5,8-11,20-21H,6-7,12-16H2/t20-,21+/m0/s1. The van der Waals surface area contributed by atoms with E-state index >= 15 is 0 Å². The van der Waals surface area contributed by atoms with Gasteiger partial charge in [0, 0.05) is 12.1 Å². The van der Waals surface area contributed by atoms with Gasteiger partial charge in [-0.25, -0.2) is 0 Å². The Morgan fingerprint density at radius 1 is 1.00 bits per heavy atom. The Balaban J connectivity index is 1.59. The van der Waals surface area contributed by atoms with Crippen LogP contribution in [0.25, 0.3) is 0 Å². The fraction of sp³-hybridized carbons (Fsp3) is 0.409. The number of morpholine rings is 1. The average molecular weight is 335 g/mol. The van der Waals surface area contributed by atoms with Gasteiger partial charge in [0.25, 0.3) is 5.91 Å². The highest BCUT2D eigenvalue weighted by molar-refractivity contribution is 5.96. The van der Waals surface area contributed by atoms with Gasteiger partial charge in [0.2, 0.25) is 0 Å². The molecule has 2 aliphatic rings. The minimum Gasteiger partial charge on any atom is -0.374 e. The van der Waals surface area contributed by atoms with Crippen molar-refractivity contribution in [2.45, 2.75) is 44.2 Å². The van der Waals surface area contributed by atoms with Gasteiger partial charge in [0.15, 0.2) is 0 Å². The largest absolute Gasteiger partial charge is 0.374 e. The first-order valence-electron chi connectivity index (χ1n) is 9.37. The first-order chi connectivity index (χ1) is 12.3. The number of fused-ring (bicyclic) bond motifs is 1. The number of nitrogens with zero attached hydrogens (tertiary/aromatic N) is 1. The van der Waals surface area contributed by atoms with Gasteiger partial charge in [-0.05, 0) is 36.5 Å². The second-order valence-corrected chi connectivity index (χ2v) is 7.08. The van der Waals surface area contributed by atoms with E-state index in [2.05, 4.69) is 23.1 Å². The minimum absolute atomic E-state index is 0.173. The summed E-state index contributed by atoms with van der Waals surface area (Å²) in [7, 11) is 0. The molecule has 1 saturated heterocycles. The molecule has 1 amide bonds. The summed E-state index contributed by atoms with van der Waals surface area (Å²) in [6.07, 6.45) is 5.58. The lowest BCUT2D eigenvalue weighted by molar-refractivity contribution is -0.0753. The second-order valence-electron chi connectivity index (χ2n) is 7.08. The molecule has 3 nitrogen and oxygen atoms in total. The first kappa shape index (κ1) is 16.3. The molecule has 1 saturated carbocycles. The van der Waals surface area contributed by atoms with E-state index in [9.17, 15) is 4.79 Å². The highest BCUT2D eigenvalue weighted by Gasteiger charge is 2.37. The monoisotopic (exact) mass is 335 g/mol. The number of benzene rings is 2. The Hall–Kier alpha value is -2.13. The summed E-state index contributed by atoms with van der Waals surface area (Å²) < 4.78 is 5.93. The summed E-state index contributed by atoms with van der Waals surface area (Å²) in [5.41, 5.74) is 3.19. The smallest absolute Gasteiger partial charge is 0.254 e. The van der Waals surface area contributed by atoms with Gasteiger partial charge in [-0.1, -0.05) is 61.4 Å². The number of amides is 1. The Morgan fingerprint density at radius 3 is 2.64 bits per heavy atom. The van der Waals surface area contributed by atoms with Gasteiger partial charge in [-0.2, -0.15) is 0 Å². The van der Waals surface area contributed by atoms with Crippen molar-refractivity contribution >= 4 is 5.91 Å². The summed E-state index contributed by atoms with van der Waals surface area (Å²) >= 11 is 0. The van der Waals surface area contributed by atoms with Gasteiger partial charge in [0.05, 0.1) is 18.8 Å². The van der Waals surface area contributed by atoms with Crippen LogP contribution >= 0.6 is 0 Å². The van der Waals surface area contributed by atoms with E-state index in [1.165, 1.54) is 18.4 Å². The molecule has 0 bridgehead atoms. The molecule has 25 heavy (non-hydrogen) atoms. The third kappa shape index (κ3) is 3.47. The molecule has 2 aromatic carbocycles.